The number of hydrogen-bond acceptors (Lipinski definition) is 3. The van der Waals surface area contributed by atoms with Gasteiger partial charge in [-0.1, -0.05) is 12.7 Å². The molecule has 2 heterocycles. The topological polar surface area (TPSA) is 57.6 Å². The van der Waals surface area contributed by atoms with Gasteiger partial charge in [-0.3, -0.25) is 9.69 Å². The molecule has 1 atom stereocenters. The highest BCUT2D eigenvalue weighted by Gasteiger charge is 2.44. The summed E-state index contributed by atoms with van der Waals surface area (Å²) in [5, 5.41) is 9.00. The molecule has 0 spiro atoms. The summed E-state index contributed by atoms with van der Waals surface area (Å²) in [7, 11) is 0. The maximum absolute atomic E-state index is 11.2. The van der Waals surface area contributed by atoms with Crippen LogP contribution in [0.2, 0.25) is 0 Å². The average Bonchev–Trinajstić information content (AvgIpc) is 2.15. The van der Waals surface area contributed by atoms with E-state index in [0.717, 1.165) is 0 Å². The normalized spacial score (nSPS) is 25.6. The van der Waals surface area contributed by atoms with Gasteiger partial charge in [0.2, 0.25) is 5.91 Å². The van der Waals surface area contributed by atoms with Gasteiger partial charge in [-0.25, -0.2) is 4.79 Å². The number of fused-ring (bicyclic) bond motifs is 1. The predicted octanol–water partition coefficient (Wildman–Crippen LogP) is 0.816. The molecule has 0 aromatic heterocycles. The summed E-state index contributed by atoms with van der Waals surface area (Å²) in [6.07, 6.45) is 1.96. The van der Waals surface area contributed by atoms with Crippen molar-refractivity contribution in [3.63, 3.8) is 0 Å². The van der Waals surface area contributed by atoms with Crippen LogP contribution in [-0.2, 0) is 9.59 Å². The van der Waals surface area contributed by atoms with Crippen molar-refractivity contribution in [1.82, 2.24) is 4.90 Å². The lowest BCUT2D eigenvalue weighted by atomic mass is 10.1. The average molecular weight is 211 g/mol. The van der Waals surface area contributed by atoms with Crippen LogP contribution in [0.5, 0.6) is 0 Å². The zero-order valence-electron chi connectivity index (χ0n) is 7.40. The molecule has 14 heavy (non-hydrogen) atoms. The summed E-state index contributed by atoms with van der Waals surface area (Å²) in [6, 6.07) is 0. The predicted molar refractivity (Wildman–Crippen MR) is 52.6 cm³/mol. The Morgan fingerprint density at radius 1 is 1.71 bits per heavy atom. The number of β-lactam (4-membered cyclic amide) rings is 1. The molecule has 0 aromatic carbocycles. The molecule has 1 N–H and O–H groups in total. The van der Waals surface area contributed by atoms with Gasteiger partial charge >= 0.3 is 5.97 Å². The number of carbonyl (C=O) groups is 2. The minimum absolute atomic E-state index is 0.0253. The first-order valence-corrected chi connectivity index (χ1v) is 5.22. The number of nitrogens with zero attached hydrogens (tertiary/aromatic N) is 1. The van der Waals surface area contributed by atoms with Gasteiger partial charge in [0, 0.05) is 5.75 Å². The van der Waals surface area contributed by atoms with Crippen LogP contribution in [-0.4, -0.2) is 33.0 Å². The first-order valence-electron chi connectivity index (χ1n) is 4.17. The molecule has 1 fully saturated rings. The summed E-state index contributed by atoms with van der Waals surface area (Å²) in [6.45, 7) is 3.55. The number of allylic oxidation sites excluding steroid dienone is 1. The van der Waals surface area contributed by atoms with Crippen molar-refractivity contribution in [1.29, 1.82) is 0 Å². The van der Waals surface area contributed by atoms with Gasteiger partial charge in [0.05, 0.1) is 11.8 Å². The van der Waals surface area contributed by atoms with E-state index in [1.807, 2.05) is 0 Å². The zero-order valence-corrected chi connectivity index (χ0v) is 8.21. The van der Waals surface area contributed by atoms with Crippen LogP contribution in [0, 0.1) is 0 Å². The summed E-state index contributed by atoms with van der Waals surface area (Å²) in [4.78, 5) is 23.5. The first-order chi connectivity index (χ1) is 6.65. The maximum atomic E-state index is 11.2. The third-order valence-electron chi connectivity index (χ3n) is 2.33. The third-order valence-corrected chi connectivity index (χ3v) is 3.57. The van der Waals surface area contributed by atoms with Crippen molar-refractivity contribution < 1.29 is 14.7 Å². The Bertz CT molecular complexity index is 361. The Balaban J connectivity index is 2.42. The minimum Gasteiger partial charge on any atom is -0.477 e. The molecule has 1 saturated heterocycles. The van der Waals surface area contributed by atoms with E-state index in [9.17, 15) is 9.59 Å². The number of rotatable bonds is 2. The molecule has 2 rings (SSSR count). The van der Waals surface area contributed by atoms with Crippen LogP contribution in [0.3, 0.4) is 0 Å². The van der Waals surface area contributed by atoms with E-state index in [-0.39, 0.29) is 17.0 Å². The van der Waals surface area contributed by atoms with Gasteiger partial charge in [0.25, 0.3) is 0 Å². The molecule has 1 unspecified atom stereocenters. The zero-order chi connectivity index (χ0) is 10.3. The second kappa shape index (κ2) is 3.16. The lowest BCUT2D eigenvalue weighted by Crippen LogP contribution is -2.53. The van der Waals surface area contributed by atoms with Crippen molar-refractivity contribution in [3.05, 3.63) is 23.9 Å². The van der Waals surface area contributed by atoms with Crippen LogP contribution in [0.15, 0.2) is 23.9 Å². The van der Waals surface area contributed by atoms with Gasteiger partial charge in [-0.15, -0.1) is 11.8 Å². The lowest BCUT2D eigenvalue weighted by Gasteiger charge is -2.43. The van der Waals surface area contributed by atoms with Crippen LogP contribution >= 0.6 is 11.8 Å². The maximum Gasteiger partial charge on any atom is 0.352 e. The largest absolute Gasteiger partial charge is 0.477 e. The van der Waals surface area contributed by atoms with Gasteiger partial charge in [0.1, 0.15) is 5.70 Å². The van der Waals surface area contributed by atoms with E-state index in [4.69, 9.17) is 5.11 Å². The number of carbonyl (C=O) groups excluding carboxylic acids is 1. The number of carboxylic acid groups (broad SMARTS) is 1. The highest BCUT2D eigenvalue weighted by Crippen LogP contribution is 2.39. The van der Waals surface area contributed by atoms with Crippen molar-refractivity contribution in [3.8, 4) is 0 Å². The lowest BCUT2D eigenvalue weighted by molar-refractivity contribution is -0.146. The standard InChI is InChI=1S/C9H9NO3S/c1-2-5-4-14-7-3-6(11)10(7)8(5)9(12)13/h2,7H,1,3-4H2,(H,12,13). The SMILES string of the molecule is C=CC1=C(C(=O)O)N2C(=O)CC2SC1. The van der Waals surface area contributed by atoms with Crippen LogP contribution in [0.4, 0.5) is 0 Å². The number of aliphatic carboxylic acids is 1. The molecule has 0 bridgehead atoms. The Morgan fingerprint density at radius 3 is 2.93 bits per heavy atom. The second-order valence-corrected chi connectivity index (χ2v) is 4.28. The van der Waals surface area contributed by atoms with Crippen molar-refractivity contribution in [2.45, 2.75) is 11.8 Å². The summed E-state index contributed by atoms with van der Waals surface area (Å²) < 4.78 is 0. The molecule has 1 amide bonds. The van der Waals surface area contributed by atoms with Crippen molar-refractivity contribution >= 4 is 23.6 Å². The molecule has 2 aliphatic rings. The Kier molecular flexibility index (Phi) is 2.11. The third kappa shape index (κ3) is 1.16. The molecule has 2 aliphatic heterocycles. The highest BCUT2D eigenvalue weighted by molar-refractivity contribution is 8.00. The van der Waals surface area contributed by atoms with E-state index in [0.29, 0.717) is 17.7 Å². The fourth-order valence-electron chi connectivity index (χ4n) is 1.59. The molecule has 5 heteroatoms. The van der Waals surface area contributed by atoms with Crippen molar-refractivity contribution in [2.75, 3.05) is 5.75 Å². The van der Waals surface area contributed by atoms with Crippen LogP contribution in [0.1, 0.15) is 6.42 Å². The molecule has 0 saturated carbocycles. The van der Waals surface area contributed by atoms with E-state index in [1.54, 1.807) is 11.8 Å². The van der Waals surface area contributed by atoms with E-state index < -0.39 is 5.97 Å². The summed E-state index contributed by atoms with van der Waals surface area (Å²) in [5.41, 5.74) is 0.742. The molecular formula is C9H9NO3S. The second-order valence-electron chi connectivity index (χ2n) is 3.12. The number of thioether (sulfide) groups is 1. The molecule has 4 nitrogen and oxygen atoms in total. The van der Waals surface area contributed by atoms with E-state index >= 15 is 0 Å². The van der Waals surface area contributed by atoms with Gasteiger partial charge in [-0.05, 0) is 5.57 Å². The number of hydrogen-bond donors (Lipinski definition) is 1. The quantitative estimate of drug-likeness (QED) is 0.687. The molecule has 0 aromatic rings. The highest BCUT2D eigenvalue weighted by atomic mass is 32.2. The summed E-state index contributed by atoms with van der Waals surface area (Å²) >= 11 is 1.58. The Morgan fingerprint density at radius 2 is 2.43 bits per heavy atom. The molecule has 74 valence electrons. The van der Waals surface area contributed by atoms with Crippen LogP contribution < -0.4 is 0 Å². The summed E-state index contributed by atoms with van der Waals surface area (Å²) in [5.74, 6) is -0.531. The minimum atomic E-state index is -1.04. The first kappa shape index (κ1) is 9.33. The molecule has 0 radical (unpaired) electrons. The van der Waals surface area contributed by atoms with Gasteiger partial charge < -0.3 is 5.11 Å². The Labute approximate surface area is 85.3 Å². The fourth-order valence-corrected chi connectivity index (χ4v) is 2.85. The van der Waals surface area contributed by atoms with Crippen LogP contribution in [0.25, 0.3) is 0 Å². The number of carboxylic acids is 1. The van der Waals surface area contributed by atoms with Crippen molar-refractivity contribution in [2.24, 2.45) is 0 Å². The van der Waals surface area contributed by atoms with Gasteiger partial charge in [-0.2, -0.15) is 0 Å². The smallest absolute Gasteiger partial charge is 0.352 e. The van der Waals surface area contributed by atoms with Gasteiger partial charge in [0.15, 0.2) is 0 Å². The molecule has 0 aliphatic carbocycles. The molecular weight excluding hydrogens is 202 g/mol. The number of amides is 1. The van der Waals surface area contributed by atoms with E-state index in [2.05, 4.69) is 6.58 Å². The van der Waals surface area contributed by atoms with E-state index in [1.165, 1.54) is 11.0 Å². The monoisotopic (exact) mass is 211 g/mol. The fraction of sp³-hybridized carbons (Fsp3) is 0.333. The Hall–Kier alpha value is -1.23.